The molecule has 1 heterocycles. The normalized spacial score (nSPS) is 13.8. The summed E-state index contributed by atoms with van der Waals surface area (Å²) in [7, 11) is 0. The minimum Gasteiger partial charge on any atom is -0.330 e. The van der Waals surface area contributed by atoms with Gasteiger partial charge in [0, 0.05) is 10.4 Å². The van der Waals surface area contributed by atoms with Crippen LogP contribution in [0.15, 0.2) is 24.3 Å². The summed E-state index contributed by atoms with van der Waals surface area (Å²) in [6.07, 6.45) is 5.25. The lowest BCUT2D eigenvalue weighted by Crippen LogP contribution is -2.15. The highest BCUT2D eigenvalue weighted by Gasteiger charge is 2.17. The largest absolute Gasteiger partial charge is 0.330 e. The van der Waals surface area contributed by atoms with E-state index in [1.807, 2.05) is 24.3 Å². The van der Waals surface area contributed by atoms with E-state index in [9.17, 15) is 4.79 Å². The first-order valence-corrected chi connectivity index (χ1v) is 8.17. The lowest BCUT2D eigenvalue weighted by molar-refractivity contribution is 0.102. The Balaban J connectivity index is 1.78. The van der Waals surface area contributed by atoms with Gasteiger partial charge in [-0.3, -0.25) is 10.1 Å². The Hall–Kier alpha value is -1.72. The zero-order chi connectivity index (χ0) is 14.7. The fourth-order valence-electron chi connectivity index (χ4n) is 2.69. The molecular weight excluding hydrogens is 282 g/mol. The van der Waals surface area contributed by atoms with Crippen molar-refractivity contribution in [1.29, 1.82) is 0 Å². The molecule has 3 N–H and O–H groups in total. The van der Waals surface area contributed by atoms with E-state index >= 15 is 0 Å². The maximum absolute atomic E-state index is 12.4. The van der Waals surface area contributed by atoms with Gasteiger partial charge in [-0.2, -0.15) is 0 Å². The zero-order valence-electron chi connectivity index (χ0n) is 11.9. The zero-order valence-corrected chi connectivity index (χ0v) is 12.7. The number of nitrogens with one attached hydrogen (secondary N) is 1. The first-order valence-electron chi connectivity index (χ1n) is 7.36. The van der Waals surface area contributed by atoms with Crippen LogP contribution in [-0.4, -0.2) is 17.4 Å². The summed E-state index contributed by atoms with van der Waals surface area (Å²) in [4.78, 5) is 18.3. The van der Waals surface area contributed by atoms with Gasteiger partial charge in [0.2, 0.25) is 0 Å². The molecule has 0 bridgehead atoms. The fraction of sp³-hybridized carbons (Fsp3) is 0.375. The average molecular weight is 301 g/mol. The van der Waals surface area contributed by atoms with E-state index in [1.165, 1.54) is 17.7 Å². The minimum atomic E-state index is -0.0925. The van der Waals surface area contributed by atoms with Crippen molar-refractivity contribution in [2.45, 2.75) is 32.1 Å². The predicted molar refractivity (Wildman–Crippen MR) is 85.9 cm³/mol. The lowest BCUT2D eigenvalue weighted by atomic mass is 10.0. The van der Waals surface area contributed by atoms with Crippen molar-refractivity contribution in [2.24, 2.45) is 5.73 Å². The van der Waals surface area contributed by atoms with Crippen molar-refractivity contribution < 1.29 is 4.79 Å². The number of amides is 1. The fourth-order valence-corrected chi connectivity index (χ4v) is 3.73. The molecule has 4 nitrogen and oxygen atoms in total. The van der Waals surface area contributed by atoms with Crippen LogP contribution in [0.5, 0.6) is 0 Å². The molecule has 0 spiro atoms. The highest BCUT2D eigenvalue weighted by atomic mass is 32.1. The van der Waals surface area contributed by atoms with Crippen LogP contribution in [0.25, 0.3) is 0 Å². The minimum absolute atomic E-state index is 0.0925. The first-order chi connectivity index (χ1) is 10.3. The molecular formula is C16H19N3OS. The second-order valence-electron chi connectivity index (χ2n) is 5.25. The molecule has 0 atom stereocenters. The molecule has 0 radical (unpaired) electrons. The summed E-state index contributed by atoms with van der Waals surface area (Å²) in [5, 5.41) is 3.66. The quantitative estimate of drug-likeness (QED) is 0.912. The van der Waals surface area contributed by atoms with E-state index in [-0.39, 0.29) is 5.91 Å². The monoisotopic (exact) mass is 301 g/mol. The number of aryl methyl sites for hydroxylation is 2. The molecule has 2 aromatic rings. The van der Waals surface area contributed by atoms with Crippen molar-refractivity contribution >= 4 is 22.4 Å². The number of nitrogens with two attached hydrogens (primary N) is 1. The SMILES string of the molecule is NCCc1ccccc1C(=O)Nc1nc2c(s1)CCCC2. The second-order valence-corrected chi connectivity index (χ2v) is 6.33. The Labute approximate surface area is 128 Å². The standard InChI is InChI=1S/C16H19N3OS/c17-10-9-11-5-1-2-6-12(11)15(20)19-16-18-13-7-3-4-8-14(13)21-16/h1-2,5-6H,3-4,7-10,17H2,(H,18,19,20). The van der Waals surface area contributed by atoms with Crippen molar-refractivity contribution in [3.05, 3.63) is 46.0 Å². The van der Waals surface area contributed by atoms with Gasteiger partial charge in [-0.05, 0) is 50.3 Å². The molecule has 1 aromatic heterocycles. The van der Waals surface area contributed by atoms with Crippen LogP contribution in [0.1, 0.15) is 39.3 Å². The van der Waals surface area contributed by atoms with Gasteiger partial charge in [-0.1, -0.05) is 18.2 Å². The van der Waals surface area contributed by atoms with Gasteiger partial charge in [0.05, 0.1) is 5.69 Å². The van der Waals surface area contributed by atoms with Gasteiger partial charge >= 0.3 is 0 Å². The van der Waals surface area contributed by atoms with E-state index < -0.39 is 0 Å². The highest BCUT2D eigenvalue weighted by molar-refractivity contribution is 7.15. The van der Waals surface area contributed by atoms with Crippen molar-refractivity contribution in [2.75, 3.05) is 11.9 Å². The number of rotatable bonds is 4. The molecule has 0 fully saturated rings. The summed E-state index contributed by atoms with van der Waals surface area (Å²) in [6, 6.07) is 7.61. The Kier molecular flexibility index (Phi) is 4.31. The summed E-state index contributed by atoms with van der Waals surface area (Å²) in [5.41, 5.74) is 8.45. The molecule has 0 aliphatic heterocycles. The van der Waals surface area contributed by atoms with Crippen LogP contribution >= 0.6 is 11.3 Å². The van der Waals surface area contributed by atoms with Crippen LogP contribution in [0.3, 0.4) is 0 Å². The number of thiazole rings is 1. The van der Waals surface area contributed by atoms with Gasteiger partial charge in [-0.15, -0.1) is 11.3 Å². The van der Waals surface area contributed by atoms with E-state index in [2.05, 4.69) is 10.3 Å². The number of nitrogens with zero attached hydrogens (tertiary/aromatic N) is 1. The molecule has 110 valence electrons. The summed E-state index contributed by atoms with van der Waals surface area (Å²) in [5.74, 6) is -0.0925. The van der Waals surface area contributed by atoms with Gasteiger partial charge in [0.1, 0.15) is 0 Å². The number of hydrogen-bond acceptors (Lipinski definition) is 4. The van der Waals surface area contributed by atoms with Crippen LogP contribution in [0.4, 0.5) is 5.13 Å². The molecule has 3 rings (SSSR count). The molecule has 0 saturated heterocycles. The van der Waals surface area contributed by atoms with Crippen LogP contribution in [0.2, 0.25) is 0 Å². The molecule has 5 heteroatoms. The number of aromatic nitrogens is 1. The van der Waals surface area contributed by atoms with Crippen molar-refractivity contribution in [3.8, 4) is 0 Å². The Morgan fingerprint density at radius 2 is 2.10 bits per heavy atom. The van der Waals surface area contributed by atoms with Gasteiger partial charge in [0.25, 0.3) is 5.91 Å². The number of benzene rings is 1. The molecule has 1 amide bonds. The van der Waals surface area contributed by atoms with Crippen molar-refractivity contribution in [3.63, 3.8) is 0 Å². The molecule has 1 aliphatic rings. The number of anilines is 1. The van der Waals surface area contributed by atoms with Crippen molar-refractivity contribution in [1.82, 2.24) is 4.98 Å². The summed E-state index contributed by atoms with van der Waals surface area (Å²) < 4.78 is 0. The number of fused-ring (bicyclic) bond motifs is 1. The highest BCUT2D eigenvalue weighted by Crippen LogP contribution is 2.29. The Morgan fingerprint density at radius 1 is 1.29 bits per heavy atom. The topological polar surface area (TPSA) is 68.0 Å². The Morgan fingerprint density at radius 3 is 2.90 bits per heavy atom. The maximum Gasteiger partial charge on any atom is 0.257 e. The number of carbonyl (C=O) groups excluding carboxylic acids is 1. The molecule has 0 saturated carbocycles. The molecule has 1 aliphatic carbocycles. The molecule has 0 unspecified atom stereocenters. The van der Waals surface area contributed by atoms with E-state index in [1.54, 1.807) is 11.3 Å². The predicted octanol–water partition coefficient (Wildman–Crippen LogP) is 2.78. The van der Waals surface area contributed by atoms with Gasteiger partial charge in [-0.25, -0.2) is 4.98 Å². The second kappa shape index (κ2) is 6.37. The first kappa shape index (κ1) is 14.2. The number of carbonyl (C=O) groups is 1. The van der Waals surface area contributed by atoms with Gasteiger partial charge in [0.15, 0.2) is 5.13 Å². The van der Waals surface area contributed by atoms with E-state index in [4.69, 9.17) is 5.73 Å². The van der Waals surface area contributed by atoms with E-state index in [0.29, 0.717) is 18.5 Å². The summed E-state index contributed by atoms with van der Waals surface area (Å²) in [6.45, 7) is 0.538. The average Bonchev–Trinajstić information content (AvgIpc) is 2.90. The van der Waals surface area contributed by atoms with Crippen LogP contribution in [0, 0.1) is 0 Å². The third-order valence-electron chi connectivity index (χ3n) is 3.74. The smallest absolute Gasteiger partial charge is 0.257 e. The van der Waals surface area contributed by atoms with Crippen LogP contribution in [-0.2, 0) is 19.3 Å². The maximum atomic E-state index is 12.4. The lowest BCUT2D eigenvalue weighted by Gasteiger charge is -2.07. The summed E-state index contributed by atoms with van der Waals surface area (Å²) >= 11 is 1.61. The van der Waals surface area contributed by atoms with E-state index in [0.717, 1.165) is 29.2 Å². The Bertz CT molecular complexity index is 627. The molecule has 21 heavy (non-hydrogen) atoms. The van der Waals surface area contributed by atoms with Gasteiger partial charge < -0.3 is 5.73 Å². The number of hydrogen-bond donors (Lipinski definition) is 2. The third-order valence-corrected chi connectivity index (χ3v) is 4.81. The van der Waals surface area contributed by atoms with Crippen LogP contribution < -0.4 is 11.1 Å². The third kappa shape index (κ3) is 3.14. The molecule has 1 aromatic carbocycles.